The van der Waals surface area contributed by atoms with E-state index in [4.69, 9.17) is 4.74 Å². The number of nitrogens with one attached hydrogen (secondary N) is 1. The Balaban J connectivity index is 2.24. The number of methoxy groups -OCH3 is 1. The first kappa shape index (κ1) is 15.7. The third-order valence-electron chi connectivity index (χ3n) is 3.52. The van der Waals surface area contributed by atoms with Crippen molar-refractivity contribution in [3.8, 4) is 0 Å². The van der Waals surface area contributed by atoms with E-state index in [0.29, 0.717) is 12.6 Å². The highest BCUT2D eigenvalue weighted by atomic mass is 16.5. The molecule has 0 aliphatic rings. The van der Waals surface area contributed by atoms with Gasteiger partial charge >= 0.3 is 0 Å². The normalized spacial score (nSPS) is 13.8. The van der Waals surface area contributed by atoms with Gasteiger partial charge in [0.2, 0.25) is 0 Å². The molecule has 2 rings (SSSR count). The largest absolute Gasteiger partial charge is 0.383 e. The summed E-state index contributed by atoms with van der Waals surface area (Å²) in [7, 11) is 1.75. The van der Waals surface area contributed by atoms with Gasteiger partial charge in [-0.2, -0.15) is 0 Å². The van der Waals surface area contributed by atoms with E-state index in [1.165, 1.54) is 5.56 Å². The second-order valence-electron chi connectivity index (χ2n) is 5.21. The lowest BCUT2D eigenvalue weighted by Crippen LogP contribution is -2.37. The summed E-state index contributed by atoms with van der Waals surface area (Å²) < 4.78 is 5.35. The number of hydrogen-bond donors (Lipinski definition) is 1. The number of aromatic nitrogens is 1. The molecule has 0 fully saturated rings. The summed E-state index contributed by atoms with van der Waals surface area (Å²) in [5, 5.41) is 3.70. The fraction of sp³-hybridized carbons (Fsp3) is 0.389. The summed E-state index contributed by atoms with van der Waals surface area (Å²) in [4.78, 5) is 4.53. The highest BCUT2D eigenvalue weighted by Gasteiger charge is 2.19. The molecule has 21 heavy (non-hydrogen) atoms. The molecule has 0 amide bonds. The van der Waals surface area contributed by atoms with Gasteiger partial charge in [-0.05, 0) is 24.1 Å². The molecule has 0 saturated heterocycles. The topological polar surface area (TPSA) is 34.1 Å². The van der Waals surface area contributed by atoms with E-state index < -0.39 is 0 Å². The van der Waals surface area contributed by atoms with Crippen LogP contribution >= 0.6 is 0 Å². The standard InChI is InChI=1S/C18H24N2O/c1-3-9-16(14-21-2)20-18(15-10-5-4-6-11-15)17-12-7-8-13-19-17/h4-8,10-13,16,18,20H,3,9,14H2,1-2H3. The van der Waals surface area contributed by atoms with E-state index >= 15 is 0 Å². The van der Waals surface area contributed by atoms with E-state index in [-0.39, 0.29) is 6.04 Å². The number of rotatable bonds is 8. The van der Waals surface area contributed by atoms with Crippen molar-refractivity contribution < 1.29 is 4.74 Å². The van der Waals surface area contributed by atoms with E-state index in [0.717, 1.165) is 18.5 Å². The van der Waals surface area contributed by atoms with Crippen molar-refractivity contribution in [3.05, 3.63) is 66.0 Å². The predicted molar refractivity (Wildman–Crippen MR) is 86.2 cm³/mol. The summed E-state index contributed by atoms with van der Waals surface area (Å²) in [5.74, 6) is 0. The van der Waals surface area contributed by atoms with Crippen molar-refractivity contribution in [1.29, 1.82) is 0 Å². The smallest absolute Gasteiger partial charge is 0.0754 e. The number of ether oxygens (including phenoxy) is 1. The van der Waals surface area contributed by atoms with Gasteiger partial charge in [0.15, 0.2) is 0 Å². The Labute approximate surface area is 127 Å². The third kappa shape index (κ3) is 4.66. The zero-order valence-electron chi connectivity index (χ0n) is 12.8. The van der Waals surface area contributed by atoms with Crippen LogP contribution in [0.15, 0.2) is 54.7 Å². The molecule has 112 valence electrons. The SMILES string of the molecule is CCCC(COC)NC(c1ccccc1)c1ccccn1. The number of hydrogen-bond acceptors (Lipinski definition) is 3. The maximum atomic E-state index is 5.35. The Morgan fingerprint density at radius 3 is 2.48 bits per heavy atom. The minimum atomic E-state index is 0.0964. The minimum Gasteiger partial charge on any atom is -0.383 e. The zero-order chi connectivity index (χ0) is 14.9. The first-order valence-corrected chi connectivity index (χ1v) is 7.56. The molecule has 0 bridgehead atoms. The van der Waals surface area contributed by atoms with Crippen LogP contribution in [-0.4, -0.2) is 24.7 Å². The van der Waals surface area contributed by atoms with E-state index in [1.807, 2.05) is 24.4 Å². The second kappa shape index (κ2) is 8.55. The molecular weight excluding hydrogens is 260 g/mol. The van der Waals surface area contributed by atoms with Crippen LogP contribution in [0.3, 0.4) is 0 Å². The number of benzene rings is 1. The fourth-order valence-electron chi connectivity index (χ4n) is 2.54. The Morgan fingerprint density at radius 1 is 1.10 bits per heavy atom. The second-order valence-corrected chi connectivity index (χ2v) is 5.21. The van der Waals surface area contributed by atoms with Gasteiger partial charge in [0.1, 0.15) is 0 Å². The van der Waals surface area contributed by atoms with Crippen LogP contribution in [0, 0.1) is 0 Å². The van der Waals surface area contributed by atoms with Gasteiger partial charge in [-0.1, -0.05) is 49.7 Å². The molecule has 1 heterocycles. The van der Waals surface area contributed by atoms with Gasteiger partial charge in [0, 0.05) is 19.3 Å². The molecule has 0 saturated carbocycles. The lowest BCUT2D eigenvalue weighted by Gasteiger charge is -2.25. The Hall–Kier alpha value is -1.71. The monoisotopic (exact) mass is 284 g/mol. The van der Waals surface area contributed by atoms with Crippen LogP contribution in [0.5, 0.6) is 0 Å². The molecule has 2 unspecified atom stereocenters. The molecule has 1 aromatic carbocycles. The Bertz CT molecular complexity index is 456. The summed E-state index contributed by atoms with van der Waals surface area (Å²) in [6, 6.07) is 16.9. The molecular formula is C18H24N2O. The summed E-state index contributed by atoms with van der Waals surface area (Å²) in [6.45, 7) is 2.91. The van der Waals surface area contributed by atoms with Crippen LogP contribution in [0.25, 0.3) is 0 Å². The molecule has 2 atom stereocenters. The van der Waals surface area contributed by atoms with Gasteiger partial charge in [0.05, 0.1) is 18.3 Å². The molecule has 0 spiro atoms. The molecule has 0 radical (unpaired) electrons. The molecule has 0 aliphatic carbocycles. The lowest BCUT2D eigenvalue weighted by atomic mass is 10.0. The van der Waals surface area contributed by atoms with Crippen LogP contribution in [0.1, 0.15) is 37.1 Å². The minimum absolute atomic E-state index is 0.0964. The van der Waals surface area contributed by atoms with Gasteiger partial charge in [-0.15, -0.1) is 0 Å². The van der Waals surface area contributed by atoms with E-state index in [2.05, 4.69) is 47.6 Å². The number of pyridine rings is 1. The predicted octanol–water partition coefficient (Wildman–Crippen LogP) is 3.58. The summed E-state index contributed by atoms with van der Waals surface area (Å²) in [6.07, 6.45) is 4.06. The van der Waals surface area contributed by atoms with Crippen LogP contribution in [0.2, 0.25) is 0 Å². The molecule has 0 aliphatic heterocycles. The molecule has 1 N–H and O–H groups in total. The van der Waals surface area contributed by atoms with Crippen molar-refractivity contribution in [3.63, 3.8) is 0 Å². The Kier molecular flexibility index (Phi) is 6.38. The van der Waals surface area contributed by atoms with Crippen LogP contribution in [-0.2, 0) is 4.74 Å². The van der Waals surface area contributed by atoms with Gasteiger partial charge in [0.25, 0.3) is 0 Å². The highest BCUT2D eigenvalue weighted by molar-refractivity contribution is 5.27. The first-order valence-electron chi connectivity index (χ1n) is 7.56. The van der Waals surface area contributed by atoms with Crippen molar-refractivity contribution in [1.82, 2.24) is 10.3 Å². The molecule has 1 aromatic heterocycles. The van der Waals surface area contributed by atoms with Gasteiger partial charge in [-0.3, -0.25) is 10.3 Å². The molecule has 2 aromatic rings. The van der Waals surface area contributed by atoms with Gasteiger partial charge < -0.3 is 4.74 Å². The third-order valence-corrected chi connectivity index (χ3v) is 3.52. The fourth-order valence-corrected chi connectivity index (χ4v) is 2.54. The quantitative estimate of drug-likeness (QED) is 0.804. The molecule has 3 nitrogen and oxygen atoms in total. The lowest BCUT2D eigenvalue weighted by molar-refractivity contribution is 0.158. The van der Waals surface area contributed by atoms with E-state index in [9.17, 15) is 0 Å². The zero-order valence-corrected chi connectivity index (χ0v) is 12.8. The summed E-state index contributed by atoms with van der Waals surface area (Å²) in [5.41, 5.74) is 2.27. The maximum Gasteiger partial charge on any atom is 0.0754 e. The molecule has 3 heteroatoms. The average Bonchev–Trinajstić information content (AvgIpc) is 2.54. The average molecular weight is 284 g/mol. The van der Waals surface area contributed by atoms with Gasteiger partial charge in [-0.25, -0.2) is 0 Å². The van der Waals surface area contributed by atoms with Crippen molar-refractivity contribution in [2.45, 2.75) is 31.8 Å². The van der Waals surface area contributed by atoms with Crippen LogP contribution in [0.4, 0.5) is 0 Å². The van der Waals surface area contributed by atoms with Crippen molar-refractivity contribution >= 4 is 0 Å². The van der Waals surface area contributed by atoms with Crippen molar-refractivity contribution in [2.75, 3.05) is 13.7 Å². The van der Waals surface area contributed by atoms with E-state index in [1.54, 1.807) is 7.11 Å². The number of nitrogens with zero attached hydrogens (tertiary/aromatic N) is 1. The maximum absolute atomic E-state index is 5.35. The first-order chi connectivity index (χ1) is 10.3. The Morgan fingerprint density at radius 2 is 1.86 bits per heavy atom. The van der Waals surface area contributed by atoms with Crippen molar-refractivity contribution in [2.24, 2.45) is 0 Å². The highest BCUT2D eigenvalue weighted by Crippen LogP contribution is 2.21. The van der Waals surface area contributed by atoms with Crippen LogP contribution < -0.4 is 5.32 Å². The summed E-state index contributed by atoms with van der Waals surface area (Å²) >= 11 is 0.